The number of fused-ring (bicyclic) bond motifs is 1. The first-order valence-electron chi connectivity index (χ1n) is 4.81. The van der Waals surface area contributed by atoms with E-state index in [9.17, 15) is 4.39 Å². The Hall–Kier alpha value is -1.26. The minimum atomic E-state index is -0.195. The van der Waals surface area contributed by atoms with E-state index in [-0.39, 0.29) is 5.82 Å². The van der Waals surface area contributed by atoms with Crippen molar-refractivity contribution in [2.24, 2.45) is 0 Å². The van der Waals surface area contributed by atoms with Crippen molar-refractivity contribution in [3.63, 3.8) is 0 Å². The quantitative estimate of drug-likeness (QED) is 0.651. The zero-order chi connectivity index (χ0) is 11.0. The van der Waals surface area contributed by atoms with Crippen molar-refractivity contribution in [1.29, 1.82) is 0 Å². The summed E-state index contributed by atoms with van der Waals surface area (Å²) in [7, 11) is 0. The summed E-state index contributed by atoms with van der Waals surface area (Å²) in [6.45, 7) is 0. The van der Waals surface area contributed by atoms with Crippen molar-refractivity contribution in [2.75, 3.05) is 0 Å². The molecule has 0 atom stereocenters. The Morgan fingerprint density at radius 1 is 1.19 bits per heavy atom. The molecule has 0 N–H and O–H groups in total. The summed E-state index contributed by atoms with van der Waals surface area (Å²) in [5, 5.41) is 3.29. The van der Waals surface area contributed by atoms with Crippen LogP contribution in [0.15, 0.2) is 52.9 Å². The smallest absolute Gasteiger partial charge is 0.124 e. The molecule has 0 aliphatic carbocycles. The molecule has 2 aromatic heterocycles. The molecule has 0 saturated heterocycles. The van der Waals surface area contributed by atoms with Crippen LogP contribution < -0.4 is 0 Å². The first-order valence-corrected chi connectivity index (χ1v) is 6.47. The summed E-state index contributed by atoms with van der Waals surface area (Å²) in [5.41, 5.74) is 0. The van der Waals surface area contributed by atoms with Crippen molar-refractivity contribution < 1.29 is 4.39 Å². The van der Waals surface area contributed by atoms with E-state index >= 15 is 0 Å². The molecule has 0 unspecified atom stereocenters. The molecule has 0 aliphatic heterocycles. The van der Waals surface area contributed by atoms with Crippen LogP contribution in [0.4, 0.5) is 4.39 Å². The van der Waals surface area contributed by atoms with E-state index < -0.39 is 0 Å². The fourth-order valence-electron chi connectivity index (χ4n) is 1.54. The highest BCUT2D eigenvalue weighted by atomic mass is 32.2. The van der Waals surface area contributed by atoms with Gasteiger partial charge in [-0.2, -0.15) is 0 Å². The van der Waals surface area contributed by atoms with Crippen LogP contribution in [0.25, 0.3) is 10.2 Å². The maximum absolute atomic E-state index is 13.0. The zero-order valence-electron chi connectivity index (χ0n) is 8.26. The normalized spacial score (nSPS) is 11.1. The number of halogens is 1. The van der Waals surface area contributed by atoms with Crippen LogP contribution in [-0.2, 0) is 0 Å². The Kier molecular flexibility index (Phi) is 2.46. The van der Waals surface area contributed by atoms with E-state index in [4.69, 9.17) is 0 Å². The largest absolute Gasteiger partial charge is 0.278 e. The lowest BCUT2D eigenvalue weighted by Gasteiger charge is -2.02. The third kappa shape index (κ3) is 1.74. The topological polar surface area (TPSA) is 4.93 Å². The SMILES string of the molecule is Fc1cccc(Sn2ccc3ccsc32)c1. The molecule has 0 saturated carbocycles. The molecular weight excluding hydrogens is 241 g/mol. The van der Waals surface area contributed by atoms with Gasteiger partial charge in [0.15, 0.2) is 0 Å². The molecule has 1 aromatic carbocycles. The zero-order valence-corrected chi connectivity index (χ0v) is 9.89. The summed E-state index contributed by atoms with van der Waals surface area (Å²) in [5.74, 6) is -0.195. The molecule has 0 bridgehead atoms. The van der Waals surface area contributed by atoms with Gasteiger partial charge in [-0.25, -0.2) is 4.39 Å². The fourth-order valence-corrected chi connectivity index (χ4v) is 3.41. The van der Waals surface area contributed by atoms with Gasteiger partial charge in [-0.05, 0) is 47.7 Å². The molecular formula is C12H8FNS2. The van der Waals surface area contributed by atoms with Gasteiger partial charge in [0.1, 0.15) is 10.6 Å². The Morgan fingerprint density at radius 3 is 3.00 bits per heavy atom. The number of aromatic nitrogens is 1. The number of thiophene rings is 1. The highest BCUT2D eigenvalue weighted by Crippen LogP contribution is 2.29. The third-order valence-electron chi connectivity index (χ3n) is 2.26. The van der Waals surface area contributed by atoms with Gasteiger partial charge in [-0.15, -0.1) is 11.3 Å². The van der Waals surface area contributed by atoms with Crippen molar-refractivity contribution in [3.8, 4) is 0 Å². The van der Waals surface area contributed by atoms with Crippen LogP contribution in [-0.4, -0.2) is 3.97 Å². The summed E-state index contributed by atoms with van der Waals surface area (Å²) >= 11 is 3.22. The molecule has 80 valence electrons. The van der Waals surface area contributed by atoms with Crippen molar-refractivity contribution >= 4 is 33.5 Å². The highest BCUT2D eigenvalue weighted by molar-refractivity contribution is 7.98. The predicted molar refractivity (Wildman–Crippen MR) is 67.5 cm³/mol. The van der Waals surface area contributed by atoms with Crippen LogP contribution in [0.5, 0.6) is 0 Å². The van der Waals surface area contributed by atoms with Crippen molar-refractivity contribution in [2.45, 2.75) is 4.90 Å². The molecule has 3 rings (SSSR count). The second-order valence-electron chi connectivity index (χ2n) is 3.37. The monoisotopic (exact) mass is 249 g/mol. The Bertz CT molecular complexity index is 627. The van der Waals surface area contributed by atoms with Crippen LogP contribution in [0.3, 0.4) is 0 Å². The Morgan fingerprint density at radius 2 is 2.12 bits per heavy atom. The summed E-state index contributed by atoms with van der Waals surface area (Å²) < 4.78 is 15.1. The summed E-state index contributed by atoms with van der Waals surface area (Å²) in [6.07, 6.45) is 2.01. The van der Waals surface area contributed by atoms with Crippen LogP contribution in [0.1, 0.15) is 0 Å². The molecule has 0 radical (unpaired) electrons. The molecule has 0 fully saturated rings. The van der Waals surface area contributed by atoms with Gasteiger partial charge in [0, 0.05) is 16.5 Å². The maximum Gasteiger partial charge on any atom is 0.124 e. The minimum absolute atomic E-state index is 0.195. The summed E-state index contributed by atoms with van der Waals surface area (Å²) in [4.78, 5) is 2.11. The van der Waals surface area contributed by atoms with E-state index in [1.807, 2.05) is 12.3 Å². The summed E-state index contributed by atoms with van der Waals surface area (Å²) in [6, 6.07) is 10.8. The van der Waals surface area contributed by atoms with Gasteiger partial charge in [-0.3, -0.25) is 3.97 Å². The average molecular weight is 249 g/mol. The molecule has 3 aromatic rings. The van der Waals surface area contributed by atoms with Crippen LogP contribution in [0.2, 0.25) is 0 Å². The van der Waals surface area contributed by atoms with E-state index in [2.05, 4.69) is 21.5 Å². The van der Waals surface area contributed by atoms with Gasteiger partial charge < -0.3 is 0 Å². The number of hydrogen-bond acceptors (Lipinski definition) is 2. The van der Waals surface area contributed by atoms with Gasteiger partial charge in [0.05, 0.1) is 0 Å². The third-order valence-corrected chi connectivity index (χ3v) is 4.27. The van der Waals surface area contributed by atoms with Gasteiger partial charge in [0.25, 0.3) is 0 Å². The van der Waals surface area contributed by atoms with Crippen molar-refractivity contribution in [1.82, 2.24) is 3.97 Å². The Labute approximate surface area is 101 Å². The minimum Gasteiger partial charge on any atom is -0.278 e. The molecule has 0 aliphatic rings. The van der Waals surface area contributed by atoms with Crippen molar-refractivity contribution in [3.05, 3.63) is 53.8 Å². The lowest BCUT2D eigenvalue weighted by molar-refractivity contribution is 0.624. The van der Waals surface area contributed by atoms with E-state index in [1.165, 1.54) is 28.2 Å². The standard InChI is InChI=1S/C12H8FNS2/c13-10-2-1-3-11(8-10)16-14-6-4-9-5-7-15-12(9)14/h1-8H. The molecule has 0 spiro atoms. The van der Waals surface area contributed by atoms with Crippen LogP contribution >= 0.6 is 23.3 Å². The van der Waals surface area contributed by atoms with Gasteiger partial charge >= 0.3 is 0 Å². The van der Waals surface area contributed by atoms with E-state index in [1.54, 1.807) is 23.5 Å². The fraction of sp³-hybridized carbons (Fsp3) is 0. The second kappa shape index (κ2) is 3.96. The number of rotatable bonds is 2. The second-order valence-corrected chi connectivity index (χ2v) is 5.31. The lowest BCUT2D eigenvalue weighted by Crippen LogP contribution is -1.82. The van der Waals surface area contributed by atoms with Gasteiger partial charge in [0.2, 0.25) is 0 Å². The number of hydrogen-bond donors (Lipinski definition) is 0. The highest BCUT2D eigenvalue weighted by Gasteiger charge is 2.04. The predicted octanol–water partition coefficient (Wildman–Crippen LogP) is 4.40. The Balaban J connectivity index is 1.98. The molecule has 0 amide bonds. The number of benzene rings is 1. The molecule has 2 heterocycles. The average Bonchev–Trinajstić information content (AvgIpc) is 2.83. The van der Waals surface area contributed by atoms with E-state index in [0.717, 1.165) is 4.90 Å². The molecule has 16 heavy (non-hydrogen) atoms. The number of nitrogens with zero attached hydrogens (tertiary/aromatic N) is 1. The lowest BCUT2D eigenvalue weighted by atomic mass is 10.4. The molecule has 4 heteroatoms. The van der Waals surface area contributed by atoms with Crippen LogP contribution in [0, 0.1) is 5.82 Å². The molecule has 1 nitrogen and oxygen atoms in total. The first-order chi connectivity index (χ1) is 7.83. The van der Waals surface area contributed by atoms with E-state index in [0.29, 0.717) is 0 Å². The maximum atomic E-state index is 13.0. The first kappa shape index (κ1) is 9.93. The van der Waals surface area contributed by atoms with Gasteiger partial charge in [-0.1, -0.05) is 6.07 Å².